The molecule has 0 bridgehead atoms. The number of carbonyl (C=O) groups excluding carboxylic acids is 3. The fourth-order valence-electron chi connectivity index (χ4n) is 3.33. The van der Waals surface area contributed by atoms with Crippen LogP contribution in [0.3, 0.4) is 0 Å². The maximum Gasteiger partial charge on any atom is 0.346 e. The molecule has 0 N–H and O–H groups in total. The van der Waals surface area contributed by atoms with Gasteiger partial charge < -0.3 is 4.74 Å². The molecule has 4 nitrogen and oxygen atoms in total. The van der Waals surface area contributed by atoms with Crippen LogP contribution in [-0.4, -0.2) is 17.7 Å². The predicted octanol–water partition coefficient (Wildman–Crippen LogP) is 4.46. The molecule has 0 saturated heterocycles. The molecule has 27 heavy (non-hydrogen) atoms. The van der Waals surface area contributed by atoms with E-state index in [0.29, 0.717) is 23.1 Å². The number of fused-ring (bicyclic) bond motifs is 3. The average Bonchev–Trinajstić information content (AvgIpc) is 3.05. The van der Waals surface area contributed by atoms with Gasteiger partial charge in [0.1, 0.15) is 0 Å². The number of benzene rings is 3. The van der Waals surface area contributed by atoms with Gasteiger partial charge in [0.2, 0.25) is 0 Å². The summed E-state index contributed by atoms with van der Waals surface area (Å²) in [7, 11) is 0. The van der Waals surface area contributed by atoms with Gasteiger partial charge in [-0.25, -0.2) is 9.59 Å². The van der Waals surface area contributed by atoms with Gasteiger partial charge in [-0.05, 0) is 65.9 Å². The largest absolute Gasteiger partial charge is 0.386 e. The standard InChI is InChI=1S/C23H16O4/c1-14(24)16-7-9-20-18(11-16)13-19-12-17(8-10-21(19)20)23(26)27-22(25)15-5-3-2-4-6-15/h2-12H,13H2,1H3. The lowest BCUT2D eigenvalue weighted by atomic mass is 10.0. The van der Waals surface area contributed by atoms with E-state index in [0.717, 1.165) is 22.3 Å². The Morgan fingerprint density at radius 3 is 1.89 bits per heavy atom. The summed E-state index contributed by atoms with van der Waals surface area (Å²) in [6.45, 7) is 1.54. The van der Waals surface area contributed by atoms with E-state index in [1.54, 1.807) is 49.4 Å². The SMILES string of the molecule is CC(=O)c1ccc2c(c1)Cc1cc(C(=O)OC(=O)c3ccccc3)ccc1-2. The molecule has 0 amide bonds. The number of carbonyl (C=O) groups is 3. The second-order valence-corrected chi connectivity index (χ2v) is 6.52. The molecule has 1 aliphatic rings. The number of ketones is 1. The Hall–Kier alpha value is -3.53. The fourth-order valence-corrected chi connectivity index (χ4v) is 3.33. The lowest BCUT2D eigenvalue weighted by Crippen LogP contribution is -2.13. The quantitative estimate of drug-likeness (QED) is 0.309. The van der Waals surface area contributed by atoms with Crippen LogP contribution in [0.5, 0.6) is 0 Å². The van der Waals surface area contributed by atoms with Crippen LogP contribution >= 0.6 is 0 Å². The van der Waals surface area contributed by atoms with Crippen molar-refractivity contribution < 1.29 is 19.1 Å². The highest BCUT2D eigenvalue weighted by Crippen LogP contribution is 2.37. The van der Waals surface area contributed by atoms with Crippen molar-refractivity contribution in [2.24, 2.45) is 0 Å². The molecule has 0 unspecified atom stereocenters. The predicted molar refractivity (Wildman–Crippen MR) is 101 cm³/mol. The Kier molecular flexibility index (Phi) is 4.16. The third-order valence-corrected chi connectivity index (χ3v) is 4.72. The summed E-state index contributed by atoms with van der Waals surface area (Å²) in [5, 5.41) is 0. The van der Waals surface area contributed by atoms with Crippen molar-refractivity contribution in [3.63, 3.8) is 0 Å². The fraction of sp³-hybridized carbons (Fsp3) is 0.0870. The molecule has 3 aromatic rings. The topological polar surface area (TPSA) is 60.4 Å². The lowest BCUT2D eigenvalue weighted by molar-refractivity contribution is 0.0397. The molecule has 4 heteroatoms. The zero-order valence-corrected chi connectivity index (χ0v) is 14.7. The van der Waals surface area contributed by atoms with Crippen molar-refractivity contribution in [2.75, 3.05) is 0 Å². The zero-order chi connectivity index (χ0) is 19.0. The van der Waals surface area contributed by atoms with Gasteiger partial charge in [-0.15, -0.1) is 0 Å². The Bertz CT molecular complexity index is 1080. The van der Waals surface area contributed by atoms with E-state index >= 15 is 0 Å². The first kappa shape index (κ1) is 16.9. The van der Waals surface area contributed by atoms with E-state index in [9.17, 15) is 14.4 Å². The summed E-state index contributed by atoms with van der Waals surface area (Å²) in [6.07, 6.45) is 0.638. The number of rotatable bonds is 3. The van der Waals surface area contributed by atoms with E-state index in [1.165, 1.54) is 0 Å². The number of ether oxygens (including phenoxy) is 1. The van der Waals surface area contributed by atoms with Crippen LogP contribution in [0, 0.1) is 0 Å². The molecule has 3 aromatic carbocycles. The smallest absolute Gasteiger partial charge is 0.346 e. The Morgan fingerprint density at radius 1 is 0.704 bits per heavy atom. The van der Waals surface area contributed by atoms with Gasteiger partial charge >= 0.3 is 11.9 Å². The summed E-state index contributed by atoms with van der Waals surface area (Å²) < 4.78 is 4.99. The van der Waals surface area contributed by atoms with Gasteiger partial charge in [0.05, 0.1) is 11.1 Å². The van der Waals surface area contributed by atoms with Gasteiger partial charge in [0.25, 0.3) is 0 Å². The summed E-state index contributed by atoms with van der Waals surface area (Å²) in [5.74, 6) is -1.32. The molecule has 132 valence electrons. The monoisotopic (exact) mass is 356 g/mol. The molecular weight excluding hydrogens is 340 g/mol. The molecule has 0 aliphatic heterocycles. The van der Waals surface area contributed by atoms with Crippen molar-refractivity contribution in [3.05, 3.63) is 94.5 Å². The van der Waals surface area contributed by atoms with Gasteiger partial charge in [0.15, 0.2) is 5.78 Å². The van der Waals surface area contributed by atoms with Crippen molar-refractivity contribution in [1.82, 2.24) is 0 Å². The average molecular weight is 356 g/mol. The maximum absolute atomic E-state index is 12.4. The Morgan fingerprint density at radius 2 is 1.26 bits per heavy atom. The van der Waals surface area contributed by atoms with E-state index in [1.807, 2.05) is 24.3 Å². The van der Waals surface area contributed by atoms with Crippen LogP contribution in [0.4, 0.5) is 0 Å². The molecule has 0 spiro atoms. The van der Waals surface area contributed by atoms with Crippen LogP contribution in [0.2, 0.25) is 0 Å². The van der Waals surface area contributed by atoms with E-state index in [-0.39, 0.29) is 5.78 Å². The minimum Gasteiger partial charge on any atom is -0.386 e. The summed E-state index contributed by atoms with van der Waals surface area (Å²) in [6, 6.07) is 19.3. The first-order chi connectivity index (χ1) is 13.0. The Labute approximate surface area is 156 Å². The van der Waals surface area contributed by atoms with Gasteiger partial charge in [-0.3, -0.25) is 4.79 Å². The first-order valence-corrected chi connectivity index (χ1v) is 8.61. The lowest BCUT2D eigenvalue weighted by Gasteiger charge is -2.06. The van der Waals surface area contributed by atoms with Crippen LogP contribution < -0.4 is 0 Å². The molecule has 0 atom stereocenters. The number of Topliss-reactive ketones (excluding diaryl/α,β-unsaturated/α-hetero) is 1. The van der Waals surface area contributed by atoms with Crippen molar-refractivity contribution in [1.29, 1.82) is 0 Å². The highest BCUT2D eigenvalue weighted by atomic mass is 16.6. The second-order valence-electron chi connectivity index (χ2n) is 6.52. The minimum absolute atomic E-state index is 0.0254. The van der Waals surface area contributed by atoms with Crippen LogP contribution in [0.15, 0.2) is 66.7 Å². The summed E-state index contributed by atoms with van der Waals surface area (Å²) >= 11 is 0. The molecule has 4 rings (SSSR count). The highest BCUT2D eigenvalue weighted by molar-refractivity contribution is 6.03. The molecule has 1 aliphatic carbocycles. The minimum atomic E-state index is -0.674. The molecule has 0 saturated carbocycles. The van der Waals surface area contributed by atoms with Crippen LogP contribution in [-0.2, 0) is 11.2 Å². The summed E-state index contributed by atoms with van der Waals surface area (Å²) in [4.78, 5) is 36.0. The van der Waals surface area contributed by atoms with Gasteiger partial charge in [0, 0.05) is 5.56 Å². The van der Waals surface area contributed by atoms with Crippen molar-refractivity contribution in [2.45, 2.75) is 13.3 Å². The molecule has 0 heterocycles. The number of hydrogen-bond donors (Lipinski definition) is 0. The molecule has 0 radical (unpaired) electrons. The summed E-state index contributed by atoms with van der Waals surface area (Å²) in [5.41, 5.74) is 5.47. The van der Waals surface area contributed by atoms with Crippen molar-refractivity contribution >= 4 is 17.7 Å². The number of hydrogen-bond acceptors (Lipinski definition) is 4. The van der Waals surface area contributed by atoms with Gasteiger partial charge in [-0.1, -0.05) is 36.4 Å². The second kappa shape index (κ2) is 6.65. The first-order valence-electron chi connectivity index (χ1n) is 8.61. The van der Waals surface area contributed by atoms with Gasteiger partial charge in [-0.2, -0.15) is 0 Å². The molecule has 0 aromatic heterocycles. The van der Waals surface area contributed by atoms with E-state index < -0.39 is 11.9 Å². The zero-order valence-electron chi connectivity index (χ0n) is 14.7. The van der Waals surface area contributed by atoms with Crippen molar-refractivity contribution in [3.8, 4) is 11.1 Å². The highest BCUT2D eigenvalue weighted by Gasteiger charge is 2.22. The number of esters is 2. The molecular formula is C23H16O4. The van der Waals surface area contributed by atoms with E-state index in [2.05, 4.69) is 0 Å². The molecule has 0 fully saturated rings. The van der Waals surface area contributed by atoms with Crippen LogP contribution in [0.25, 0.3) is 11.1 Å². The maximum atomic E-state index is 12.4. The Balaban J connectivity index is 1.57. The normalized spacial score (nSPS) is 11.4. The van der Waals surface area contributed by atoms with Crippen LogP contribution in [0.1, 0.15) is 49.1 Å². The third-order valence-electron chi connectivity index (χ3n) is 4.72. The third kappa shape index (κ3) is 3.17. The van der Waals surface area contributed by atoms with E-state index in [4.69, 9.17) is 4.74 Å².